The average molecular weight is 199 g/mol. The van der Waals surface area contributed by atoms with Crippen LogP contribution in [-0.4, -0.2) is 18.9 Å². The molecule has 1 aliphatic carbocycles. The third-order valence-electron chi connectivity index (χ3n) is 2.82. The molecule has 0 aromatic carbocycles. The first kappa shape index (κ1) is 10.8. The summed E-state index contributed by atoms with van der Waals surface area (Å²) >= 11 is 0. The Morgan fingerprint density at radius 1 is 1.31 bits per heavy atom. The maximum Gasteiger partial charge on any atom is 0.420 e. The number of hydrogen-bond donors (Lipinski definition) is 1. The molecule has 0 aromatic heterocycles. The van der Waals surface area contributed by atoms with Crippen molar-refractivity contribution in [1.82, 2.24) is 0 Å². The molecule has 78 valence electrons. The number of halogens is 4. The maximum absolute atomic E-state index is 13.0. The molecule has 0 bridgehead atoms. The molecular weight excluding hydrogens is 186 g/mol. The van der Waals surface area contributed by atoms with Gasteiger partial charge in [0.25, 0.3) is 0 Å². The zero-order valence-electron chi connectivity index (χ0n) is 7.20. The van der Waals surface area contributed by atoms with E-state index in [2.05, 4.69) is 0 Å². The van der Waals surface area contributed by atoms with Crippen molar-refractivity contribution >= 4 is 0 Å². The van der Waals surface area contributed by atoms with Gasteiger partial charge < -0.3 is 5.73 Å². The molecule has 0 saturated heterocycles. The highest BCUT2D eigenvalue weighted by Crippen LogP contribution is 2.52. The van der Waals surface area contributed by atoms with Gasteiger partial charge in [-0.15, -0.1) is 0 Å². The third kappa shape index (κ3) is 1.95. The predicted molar refractivity (Wildman–Crippen MR) is 40.9 cm³/mol. The Morgan fingerprint density at radius 3 is 2.08 bits per heavy atom. The van der Waals surface area contributed by atoms with Gasteiger partial charge in [-0.05, 0) is 25.8 Å². The van der Waals surface area contributed by atoms with E-state index in [1.165, 1.54) is 0 Å². The Hall–Kier alpha value is -0.320. The van der Waals surface area contributed by atoms with Crippen molar-refractivity contribution in [2.24, 2.45) is 11.1 Å². The van der Waals surface area contributed by atoms with Gasteiger partial charge in [0.05, 0.1) is 0 Å². The van der Waals surface area contributed by atoms with Crippen molar-refractivity contribution in [2.45, 2.75) is 38.0 Å². The minimum Gasteiger partial charge on any atom is -0.330 e. The van der Waals surface area contributed by atoms with E-state index < -0.39 is 17.8 Å². The van der Waals surface area contributed by atoms with Crippen molar-refractivity contribution in [3.63, 3.8) is 0 Å². The zero-order valence-corrected chi connectivity index (χ0v) is 7.20. The average Bonchev–Trinajstić information content (AvgIpc) is 1.93. The molecule has 0 radical (unpaired) electrons. The minimum absolute atomic E-state index is 0.122. The van der Waals surface area contributed by atoms with Crippen LogP contribution in [0, 0.1) is 5.41 Å². The summed E-state index contributed by atoms with van der Waals surface area (Å²) in [4.78, 5) is 0. The van der Waals surface area contributed by atoms with Gasteiger partial charge in [0, 0.05) is 5.41 Å². The molecular formula is C8H13F4N. The zero-order chi connectivity index (χ0) is 10.1. The molecule has 0 amide bonds. The van der Waals surface area contributed by atoms with E-state index in [-0.39, 0.29) is 13.0 Å². The molecule has 0 aliphatic heterocycles. The lowest BCUT2D eigenvalue weighted by molar-refractivity contribution is -0.227. The van der Waals surface area contributed by atoms with Crippen molar-refractivity contribution < 1.29 is 17.6 Å². The highest BCUT2D eigenvalue weighted by atomic mass is 19.4. The largest absolute Gasteiger partial charge is 0.420 e. The van der Waals surface area contributed by atoms with Crippen molar-refractivity contribution in [1.29, 1.82) is 0 Å². The Labute approximate surface area is 74.3 Å². The van der Waals surface area contributed by atoms with Crippen LogP contribution >= 0.6 is 0 Å². The third-order valence-corrected chi connectivity index (χ3v) is 2.82. The molecule has 1 atom stereocenters. The van der Waals surface area contributed by atoms with Crippen molar-refractivity contribution in [2.75, 3.05) is 6.54 Å². The molecule has 5 heteroatoms. The van der Waals surface area contributed by atoms with Crippen molar-refractivity contribution in [3.8, 4) is 0 Å². The summed E-state index contributed by atoms with van der Waals surface area (Å²) in [5.41, 5.74) is 3.97. The van der Waals surface area contributed by atoms with Gasteiger partial charge in [-0.2, -0.15) is 13.2 Å². The fourth-order valence-corrected chi connectivity index (χ4v) is 1.90. The molecule has 1 aliphatic rings. The summed E-state index contributed by atoms with van der Waals surface area (Å²) in [6.07, 6.45) is -5.99. The second-order valence-corrected chi connectivity index (χ2v) is 3.66. The van der Waals surface area contributed by atoms with Crippen LogP contribution in [0.2, 0.25) is 0 Å². The predicted octanol–water partition coefficient (Wildman–Crippen LogP) is 2.41. The van der Waals surface area contributed by atoms with E-state index in [1.807, 2.05) is 0 Å². The summed E-state index contributed by atoms with van der Waals surface area (Å²) in [5, 5.41) is 0. The maximum atomic E-state index is 13.0. The molecule has 0 aromatic rings. The number of alkyl halides is 4. The molecule has 0 spiro atoms. The highest BCUT2D eigenvalue weighted by Gasteiger charge is 2.56. The monoisotopic (exact) mass is 199 g/mol. The van der Waals surface area contributed by atoms with Crippen LogP contribution in [0.15, 0.2) is 0 Å². The van der Waals surface area contributed by atoms with Gasteiger partial charge in [0.1, 0.15) is 0 Å². The van der Waals surface area contributed by atoms with Crippen LogP contribution in [0.5, 0.6) is 0 Å². The summed E-state index contributed by atoms with van der Waals surface area (Å²) in [6, 6.07) is 0. The normalized spacial score (nSPS) is 23.8. The Balaban J connectivity index is 2.65. The molecule has 1 fully saturated rings. The van der Waals surface area contributed by atoms with Crippen LogP contribution in [-0.2, 0) is 0 Å². The smallest absolute Gasteiger partial charge is 0.330 e. The van der Waals surface area contributed by atoms with Crippen LogP contribution in [0.3, 0.4) is 0 Å². The fraction of sp³-hybridized carbons (Fsp3) is 1.00. The van der Waals surface area contributed by atoms with Gasteiger partial charge in [0.15, 0.2) is 0 Å². The fourth-order valence-electron chi connectivity index (χ4n) is 1.90. The van der Waals surface area contributed by atoms with E-state index >= 15 is 0 Å². The first-order valence-corrected chi connectivity index (χ1v) is 4.33. The molecule has 13 heavy (non-hydrogen) atoms. The molecule has 0 heterocycles. The van der Waals surface area contributed by atoms with Gasteiger partial charge >= 0.3 is 6.18 Å². The lowest BCUT2D eigenvalue weighted by Gasteiger charge is -2.44. The quantitative estimate of drug-likeness (QED) is 0.694. The van der Waals surface area contributed by atoms with Gasteiger partial charge in [0.2, 0.25) is 6.17 Å². The van der Waals surface area contributed by atoms with E-state index in [9.17, 15) is 17.6 Å². The lowest BCUT2D eigenvalue weighted by atomic mass is 9.63. The minimum atomic E-state index is -4.73. The summed E-state index contributed by atoms with van der Waals surface area (Å²) in [5.74, 6) is 0. The summed E-state index contributed by atoms with van der Waals surface area (Å²) < 4.78 is 49.2. The van der Waals surface area contributed by atoms with Gasteiger partial charge in [-0.3, -0.25) is 0 Å². The van der Waals surface area contributed by atoms with Crippen LogP contribution in [0.25, 0.3) is 0 Å². The molecule has 2 N–H and O–H groups in total. The van der Waals surface area contributed by atoms with E-state index in [0.717, 1.165) is 0 Å². The Bertz CT molecular complexity index is 173. The molecule has 1 unspecified atom stereocenters. The second kappa shape index (κ2) is 3.44. The molecule has 1 nitrogen and oxygen atoms in total. The van der Waals surface area contributed by atoms with Crippen LogP contribution in [0.4, 0.5) is 17.6 Å². The molecule has 1 saturated carbocycles. The number of rotatable bonds is 3. The standard InChI is InChI=1S/C8H13F4N/c9-6(8(10,11)12)7(4-5-13)2-1-3-7/h6H,1-5,13H2. The van der Waals surface area contributed by atoms with E-state index in [4.69, 9.17) is 5.73 Å². The molecule has 1 rings (SSSR count). The van der Waals surface area contributed by atoms with Crippen LogP contribution in [0.1, 0.15) is 25.7 Å². The topological polar surface area (TPSA) is 26.0 Å². The highest BCUT2D eigenvalue weighted by molar-refractivity contribution is 4.96. The number of nitrogens with two attached hydrogens (primary N) is 1. The SMILES string of the molecule is NCCC1(C(F)C(F)(F)F)CCC1. The van der Waals surface area contributed by atoms with E-state index in [1.54, 1.807) is 0 Å². The van der Waals surface area contributed by atoms with Gasteiger partial charge in [-0.1, -0.05) is 6.42 Å². The lowest BCUT2D eigenvalue weighted by Crippen LogP contribution is -2.47. The van der Waals surface area contributed by atoms with E-state index in [0.29, 0.717) is 19.3 Å². The first-order chi connectivity index (χ1) is 5.92. The van der Waals surface area contributed by atoms with Crippen LogP contribution < -0.4 is 5.73 Å². The van der Waals surface area contributed by atoms with Crippen molar-refractivity contribution in [3.05, 3.63) is 0 Å². The van der Waals surface area contributed by atoms with Gasteiger partial charge in [-0.25, -0.2) is 4.39 Å². The Kier molecular flexibility index (Phi) is 2.85. The number of hydrogen-bond acceptors (Lipinski definition) is 1. The Morgan fingerprint density at radius 2 is 1.85 bits per heavy atom. The first-order valence-electron chi connectivity index (χ1n) is 4.33. The second-order valence-electron chi connectivity index (χ2n) is 3.66. The summed E-state index contributed by atoms with van der Waals surface area (Å²) in [7, 11) is 0. The summed E-state index contributed by atoms with van der Waals surface area (Å²) in [6.45, 7) is 0.122.